The lowest BCUT2D eigenvalue weighted by Gasteiger charge is -2.16. The SMILES string of the molecule is COc1cc(C)c(S(=O)(=O)NCc2ccc3[nH]ccc3c2)c(C)c1C. The standard InChI is InChI=1S/C19H22N2O3S/c1-12-9-18(24-4)13(2)14(3)19(12)25(22,23)21-11-15-5-6-17-16(10-15)7-8-20-17/h5-10,20-21H,11H2,1-4H3. The number of sulfonamides is 1. The predicted molar refractivity (Wildman–Crippen MR) is 99.5 cm³/mol. The number of aromatic nitrogens is 1. The maximum atomic E-state index is 12.9. The van der Waals surface area contributed by atoms with E-state index in [9.17, 15) is 8.42 Å². The molecule has 132 valence electrons. The second kappa shape index (κ2) is 6.54. The summed E-state index contributed by atoms with van der Waals surface area (Å²) >= 11 is 0. The van der Waals surface area contributed by atoms with E-state index in [0.29, 0.717) is 21.8 Å². The minimum Gasteiger partial charge on any atom is -0.496 e. The lowest BCUT2D eigenvalue weighted by molar-refractivity contribution is 0.410. The number of hydrogen-bond acceptors (Lipinski definition) is 3. The van der Waals surface area contributed by atoms with E-state index in [4.69, 9.17) is 4.74 Å². The van der Waals surface area contributed by atoms with Crippen molar-refractivity contribution in [1.29, 1.82) is 0 Å². The van der Waals surface area contributed by atoms with Crippen molar-refractivity contribution in [2.75, 3.05) is 7.11 Å². The highest BCUT2D eigenvalue weighted by Gasteiger charge is 2.22. The summed E-state index contributed by atoms with van der Waals surface area (Å²) in [6.45, 7) is 5.71. The van der Waals surface area contributed by atoms with E-state index in [0.717, 1.165) is 22.0 Å². The zero-order valence-corrected chi connectivity index (χ0v) is 15.6. The van der Waals surface area contributed by atoms with Gasteiger partial charge in [-0.05, 0) is 72.7 Å². The molecule has 3 rings (SSSR count). The van der Waals surface area contributed by atoms with Crippen LogP contribution in [-0.4, -0.2) is 20.5 Å². The summed E-state index contributed by atoms with van der Waals surface area (Å²) < 4.78 is 33.7. The third-order valence-electron chi connectivity index (χ3n) is 4.55. The number of methoxy groups -OCH3 is 1. The molecule has 0 saturated carbocycles. The summed E-state index contributed by atoms with van der Waals surface area (Å²) in [5, 5.41) is 1.06. The van der Waals surface area contributed by atoms with Crippen molar-refractivity contribution in [2.45, 2.75) is 32.2 Å². The quantitative estimate of drug-likeness (QED) is 0.732. The van der Waals surface area contributed by atoms with Gasteiger partial charge in [0, 0.05) is 18.3 Å². The van der Waals surface area contributed by atoms with Crippen molar-refractivity contribution in [3.63, 3.8) is 0 Å². The molecule has 0 aliphatic carbocycles. The van der Waals surface area contributed by atoms with Crippen molar-refractivity contribution in [2.24, 2.45) is 0 Å². The van der Waals surface area contributed by atoms with Crippen molar-refractivity contribution in [3.8, 4) is 5.75 Å². The summed E-state index contributed by atoms with van der Waals surface area (Å²) in [5.74, 6) is 0.701. The number of fused-ring (bicyclic) bond motifs is 1. The van der Waals surface area contributed by atoms with Crippen LogP contribution in [0.3, 0.4) is 0 Å². The first-order valence-electron chi connectivity index (χ1n) is 8.04. The molecular weight excluding hydrogens is 336 g/mol. The molecule has 1 heterocycles. The number of benzene rings is 2. The third kappa shape index (κ3) is 3.27. The largest absolute Gasteiger partial charge is 0.496 e. The van der Waals surface area contributed by atoms with Crippen molar-refractivity contribution in [3.05, 3.63) is 58.8 Å². The Morgan fingerprint density at radius 2 is 1.84 bits per heavy atom. The van der Waals surface area contributed by atoms with Crippen LogP contribution in [0.2, 0.25) is 0 Å². The molecule has 0 spiro atoms. The second-order valence-corrected chi connectivity index (χ2v) is 7.90. The summed E-state index contributed by atoms with van der Waals surface area (Å²) in [4.78, 5) is 3.45. The van der Waals surface area contributed by atoms with E-state index in [2.05, 4.69) is 9.71 Å². The normalized spacial score (nSPS) is 11.8. The molecule has 0 radical (unpaired) electrons. The summed E-state index contributed by atoms with van der Waals surface area (Å²) in [5.41, 5.74) is 4.17. The van der Waals surface area contributed by atoms with Gasteiger partial charge in [-0.3, -0.25) is 0 Å². The molecule has 3 aromatic rings. The van der Waals surface area contributed by atoms with Crippen molar-refractivity contribution < 1.29 is 13.2 Å². The van der Waals surface area contributed by atoms with Crippen molar-refractivity contribution in [1.82, 2.24) is 9.71 Å². The Labute approximate surface area is 148 Å². The monoisotopic (exact) mass is 358 g/mol. The third-order valence-corrected chi connectivity index (χ3v) is 6.24. The van der Waals surface area contributed by atoms with Gasteiger partial charge in [0.2, 0.25) is 10.0 Å². The zero-order chi connectivity index (χ0) is 18.2. The van der Waals surface area contributed by atoms with Crippen LogP contribution in [-0.2, 0) is 16.6 Å². The fourth-order valence-corrected chi connectivity index (χ4v) is 4.65. The molecule has 6 heteroatoms. The Balaban J connectivity index is 1.90. The van der Waals surface area contributed by atoms with Gasteiger partial charge >= 0.3 is 0 Å². The van der Waals surface area contributed by atoms with Crippen molar-refractivity contribution >= 4 is 20.9 Å². The van der Waals surface area contributed by atoms with E-state index >= 15 is 0 Å². The fourth-order valence-electron chi connectivity index (χ4n) is 3.11. The number of aryl methyl sites for hydroxylation is 1. The van der Waals surface area contributed by atoms with Gasteiger partial charge < -0.3 is 9.72 Å². The number of aromatic amines is 1. The molecule has 0 aliphatic heterocycles. The lowest BCUT2D eigenvalue weighted by atomic mass is 10.1. The van der Waals surface area contributed by atoms with E-state index < -0.39 is 10.0 Å². The summed E-state index contributed by atoms with van der Waals surface area (Å²) in [7, 11) is -2.03. The molecule has 0 aliphatic rings. The first kappa shape index (κ1) is 17.5. The van der Waals surface area contributed by atoms with Crippen LogP contribution in [0.15, 0.2) is 41.4 Å². The Hall–Kier alpha value is -2.31. The number of rotatable bonds is 5. The number of ether oxygens (including phenoxy) is 1. The number of nitrogens with one attached hydrogen (secondary N) is 2. The molecule has 2 N–H and O–H groups in total. The zero-order valence-electron chi connectivity index (χ0n) is 14.8. The number of hydrogen-bond donors (Lipinski definition) is 2. The van der Waals surface area contributed by atoms with Crippen LogP contribution in [0, 0.1) is 20.8 Å². The highest BCUT2D eigenvalue weighted by molar-refractivity contribution is 7.89. The van der Waals surface area contributed by atoms with Gasteiger partial charge in [-0.1, -0.05) is 6.07 Å². The molecule has 25 heavy (non-hydrogen) atoms. The van der Waals surface area contributed by atoms with E-state index in [1.807, 2.05) is 44.3 Å². The molecular formula is C19H22N2O3S. The molecule has 0 bridgehead atoms. The van der Waals surface area contributed by atoms with E-state index in [1.54, 1.807) is 20.1 Å². The fraction of sp³-hybridized carbons (Fsp3) is 0.263. The predicted octanol–water partition coefficient (Wildman–Crippen LogP) is 3.58. The van der Waals surface area contributed by atoms with Crippen LogP contribution in [0.5, 0.6) is 5.75 Å². The minimum atomic E-state index is -3.62. The van der Waals surface area contributed by atoms with Crippen LogP contribution in [0.1, 0.15) is 22.3 Å². The molecule has 5 nitrogen and oxygen atoms in total. The van der Waals surface area contributed by atoms with Gasteiger partial charge in [-0.25, -0.2) is 13.1 Å². The van der Waals surface area contributed by atoms with Crippen LogP contribution >= 0.6 is 0 Å². The summed E-state index contributed by atoms with van der Waals surface area (Å²) in [6, 6.07) is 9.58. The Bertz CT molecular complexity index is 1040. The van der Waals surface area contributed by atoms with Gasteiger partial charge in [0.25, 0.3) is 0 Å². The maximum Gasteiger partial charge on any atom is 0.241 e. The molecule has 0 saturated heterocycles. The van der Waals surface area contributed by atoms with E-state index in [-0.39, 0.29) is 6.54 Å². The molecule has 0 unspecified atom stereocenters. The Morgan fingerprint density at radius 3 is 2.56 bits per heavy atom. The average Bonchev–Trinajstić information content (AvgIpc) is 3.04. The first-order valence-corrected chi connectivity index (χ1v) is 9.52. The Morgan fingerprint density at radius 1 is 1.08 bits per heavy atom. The van der Waals surface area contributed by atoms with Crippen LogP contribution in [0.25, 0.3) is 10.9 Å². The van der Waals surface area contributed by atoms with Crippen LogP contribution < -0.4 is 9.46 Å². The topological polar surface area (TPSA) is 71.2 Å². The van der Waals surface area contributed by atoms with Gasteiger partial charge in [0.15, 0.2) is 0 Å². The highest BCUT2D eigenvalue weighted by atomic mass is 32.2. The summed E-state index contributed by atoms with van der Waals surface area (Å²) in [6.07, 6.45) is 1.87. The minimum absolute atomic E-state index is 0.243. The molecule has 1 aromatic heterocycles. The molecule has 2 aromatic carbocycles. The first-order chi connectivity index (χ1) is 11.8. The van der Waals surface area contributed by atoms with Gasteiger partial charge in [-0.2, -0.15) is 0 Å². The van der Waals surface area contributed by atoms with Gasteiger partial charge in [-0.15, -0.1) is 0 Å². The Kier molecular flexibility index (Phi) is 4.58. The number of H-pyrrole nitrogens is 1. The van der Waals surface area contributed by atoms with E-state index in [1.165, 1.54) is 0 Å². The average molecular weight is 358 g/mol. The van der Waals surface area contributed by atoms with Gasteiger partial charge in [0.05, 0.1) is 12.0 Å². The molecule has 0 atom stereocenters. The molecule has 0 amide bonds. The molecule has 0 fully saturated rings. The van der Waals surface area contributed by atoms with Gasteiger partial charge in [0.1, 0.15) is 5.75 Å². The maximum absolute atomic E-state index is 12.9. The second-order valence-electron chi connectivity index (χ2n) is 6.20. The highest BCUT2D eigenvalue weighted by Crippen LogP contribution is 2.30. The lowest BCUT2D eigenvalue weighted by Crippen LogP contribution is -2.25. The van der Waals surface area contributed by atoms with Crippen LogP contribution in [0.4, 0.5) is 0 Å². The smallest absolute Gasteiger partial charge is 0.241 e.